The molecule has 0 spiro atoms. The molecule has 4 rings (SSSR count). The van der Waals surface area contributed by atoms with Crippen LogP contribution in [-0.2, 0) is 13.0 Å². The van der Waals surface area contributed by atoms with Crippen LogP contribution in [0.2, 0.25) is 0 Å². The summed E-state index contributed by atoms with van der Waals surface area (Å²) in [4.78, 5) is 7.18. The third-order valence-corrected chi connectivity index (χ3v) is 6.34. The summed E-state index contributed by atoms with van der Waals surface area (Å²) in [5, 5.41) is 17.9. The Labute approximate surface area is 179 Å². The van der Waals surface area contributed by atoms with E-state index in [1.54, 1.807) is 0 Å². The smallest absolute Gasteiger partial charge is 0.123 e. The molecular formula is C23H35N5O2. The fourth-order valence-corrected chi connectivity index (χ4v) is 4.49. The van der Waals surface area contributed by atoms with Crippen LogP contribution in [0.4, 0.5) is 0 Å². The number of aromatic amines is 1. The molecule has 2 unspecified atom stereocenters. The Morgan fingerprint density at radius 2 is 1.93 bits per heavy atom. The zero-order chi connectivity index (χ0) is 20.9. The maximum Gasteiger partial charge on any atom is 0.123 e. The minimum atomic E-state index is -0.313. The minimum Gasteiger partial charge on any atom is -0.492 e. The summed E-state index contributed by atoms with van der Waals surface area (Å²) in [5.41, 5.74) is 3.29. The maximum absolute atomic E-state index is 10.6. The van der Waals surface area contributed by atoms with E-state index in [-0.39, 0.29) is 12.0 Å². The highest BCUT2D eigenvalue weighted by molar-refractivity contribution is 5.33. The zero-order valence-electron chi connectivity index (χ0n) is 18.3. The molecule has 7 nitrogen and oxygen atoms in total. The fourth-order valence-electron chi connectivity index (χ4n) is 4.49. The number of piperazine rings is 1. The normalized spacial score (nSPS) is 23.8. The minimum absolute atomic E-state index is 0.220. The van der Waals surface area contributed by atoms with Crippen LogP contribution in [0.1, 0.15) is 17.0 Å². The van der Waals surface area contributed by atoms with Crippen molar-refractivity contribution in [2.75, 3.05) is 59.5 Å². The predicted molar refractivity (Wildman–Crippen MR) is 118 cm³/mol. The molecule has 7 heteroatoms. The number of para-hydroxylation sites is 1. The number of aliphatic hydroxyl groups is 1. The second-order valence-electron chi connectivity index (χ2n) is 8.87. The largest absolute Gasteiger partial charge is 0.492 e. The summed E-state index contributed by atoms with van der Waals surface area (Å²) in [6.07, 6.45) is 0.498. The lowest BCUT2D eigenvalue weighted by Gasteiger charge is -2.32. The van der Waals surface area contributed by atoms with Crippen molar-refractivity contribution >= 4 is 0 Å². The van der Waals surface area contributed by atoms with E-state index in [2.05, 4.69) is 56.2 Å². The van der Waals surface area contributed by atoms with Gasteiger partial charge in [0.1, 0.15) is 12.4 Å². The Morgan fingerprint density at radius 1 is 1.13 bits per heavy atom. The van der Waals surface area contributed by atoms with E-state index in [4.69, 9.17) is 4.74 Å². The number of aromatic nitrogens is 2. The summed E-state index contributed by atoms with van der Waals surface area (Å²) in [5.74, 6) is 1.19. The summed E-state index contributed by atoms with van der Waals surface area (Å²) in [7, 11) is 2.18. The van der Waals surface area contributed by atoms with Gasteiger partial charge in [0.15, 0.2) is 0 Å². The molecule has 0 radical (unpaired) electrons. The molecule has 1 aromatic heterocycles. The molecule has 0 amide bonds. The summed E-state index contributed by atoms with van der Waals surface area (Å²) < 4.78 is 6.17. The number of aryl methyl sites for hydroxylation is 1. The lowest BCUT2D eigenvalue weighted by molar-refractivity contribution is 0.132. The number of likely N-dealkylation sites (tertiary alicyclic amines) is 1. The number of nitrogens with zero attached hydrogens (tertiary/aromatic N) is 4. The molecule has 2 aliphatic rings. The number of hydrogen-bond acceptors (Lipinski definition) is 6. The molecule has 1 aromatic carbocycles. The van der Waals surface area contributed by atoms with Gasteiger partial charge in [-0.3, -0.25) is 14.9 Å². The Kier molecular flexibility index (Phi) is 7.04. The van der Waals surface area contributed by atoms with E-state index in [1.807, 2.05) is 13.0 Å². The number of benzene rings is 1. The Balaban J connectivity index is 1.28. The van der Waals surface area contributed by atoms with Gasteiger partial charge in [-0.05, 0) is 32.5 Å². The number of aliphatic hydroxyl groups excluding tert-OH is 1. The van der Waals surface area contributed by atoms with Gasteiger partial charge in [-0.15, -0.1) is 0 Å². The van der Waals surface area contributed by atoms with Gasteiger partial charge in [0.25, 0.3) is 0 Å². The summed E-state index contributed by atoms with van der Waals surface area (Å²) in [6.45, 7) is 10.6. The first-order valence-corrected chi connectivity index (χ1v) is 11.1. The van der Waals surface area contributed by atoms with Crippen molar-refractivity contribution < 1.29 is 9.84 Å². The highest BCUT2D eigenvalue weighted by atomic mass is 16.5. The topological polar surface area (TPSA) is 67.9 Å². The molecule has 30 heavy (non-hydrogen) atoms. The number of β-amino-alcohol motifs (C(OH)–C–C–N with tert-alkyl or cyclic N) is 1. The molecule has 2 N–H and O–H groups in total. The van der Waals surface area contributed by atoms with Gasteiger partial charge in [-0.1, -0.05) is 18.2 Å². The average molecular weight is 414 g/mol. The fraction of sp³-hybridized carbons (Fsp3) is 0.609. The van der Waals surface area contributed by atoms with Gasteiger partial charge < -0.3 is 14.7 Å². The average Bonchev–Trinajstić information content (AvgIpc) is 3.30. The maximum atomic E-state index is 10.6. The molecule has 0 bridgehead atoms. The van der Waals surface area contributed by atoms with E-state index in [9.17, 15) is 5.11 Å². The molecule has 2 aromatic rings. The number of H-pyrrole nitrogens is 1. The van der Waals surface area contributed by atoms with Gasteiger partial charge in [0.05, 0.1) is 11.8 Å². The Bertz CT molecular complexity index is 802. The first kappa shape index (κ1) is 21.3. The number of nitrogens with one attached hydrogen (secondary N) is 1. The first-order chi connectivity index (χ1) is 14.6. The second-order valence-corrected chi connectivity index (χ2v) is 8.87. The number of hydrogen-bond donors (Lipinski definition) is 2. The lowest BCUT2D eigenvalue weighted by atomic mass is 10.0. The van der Waals surface area contributed by atoms with Crippen LogP contribution in [0.3, 0.4) is 0 Å². The van der Waals surface area contributed by atoms with Crippen LogP contribution in [-0.4, -0.2) is 95.6 Å². The van der Waals surface area contributed by atoms with E-state index in [0.717, 1.165) is 69.4 Å². The highest BCUT2D eigenvalue weighted by Crippen LogP contribution is 2.26. The van der Waals surface area contributed by atoms with Crippen LogP contribution < -0.4 is 4.74 Å². The molecule has 2 atom stereocenters. The van der Waals surface area contributed by atoms with Gasteiger partial charge in [0, 0.05) is 69.5 Å². The van der Waals surface area contributed by atoms with E-state index < -0.39 is 0 Å². The lowest BCUT2D eigenvalue weighted by Crippen LogP contribution is -2.45. The molecule has 2 aliphatic heterocycles. The third-order valence-electron chi connectivity index (χ3n) is 6.34. The Morgan fingerprint density at radius 3 is 2.70 bits per heavy atom. The van der Waals surface area contributed by atoms with Crippen molar-refractivity contribution in [2.24, 2.45) is 5.92 Å². The molecular weight excluding hydrogens is 378 g/mol. The zero-order valence-corrected chi connectivity index (χ0v) is 18.3. The third kappa shape index (κ3) is 5.60. The first-order valence-electron chi connectivity index (χ1n) is 11.1. The van der Waals surface area contributed by atoms with Crippen LogP contribution >= 0.6 is 0 Å². The second kappa shape index (κ2) is 9.92. The number of rotatable bonds is 8. The van der Waals surface area contributed by atoms with Gasteiger partial charge in [-0.25, -0.2) is 0 Å². The van der Waals surface area contributed by atoms with Crippen LogP contribution in [0.5, 0.6) is 5.75 Å². The number of ether oxygens (including phenoxy) is 1. The van der Waals surface area contributed by atoms with Crippen molar-refractivity contribution in [3.05, 3.63) is 47.3 Å². The number of likely N-dealkylation sites (N-methyl/N-ethyl adjacent to an activating group) is 1. The van der Waals surface area contributed by atoms with Crippen LogP contribution in [0.15, 0.2) is 30.3 Å². The Hall–Kier alpha value is -1.93. The molecule has 0 saturated carbocycles. The standard InChI is InChI=1S/C23H35N5O2/c1-18-13-21(25-24-18)14-20-16-28(17-22(20)29)15-19-5-3-4-6-23(19)30-12-11-27-9-7-26(2)8-10-27/h3-6,13,20,22,29H,7-12,14-17H2,1-2H3,(H,24,25). The van der Waals surface area contributed by atoms with Crippen molar-refractivity contribution in [1.29, 1.82) is 0 Å². The van der Waals surface area contributed by atoms with Gasteiger partial charge >= 0.3 is 0 Å². The van der Waals surface area contributed by atoms with E-state index >= 15 is 0 Å². The predicted octanol–water partition coefficient (Wildman–Crippen LogP) is 1.38. The summed E-state index contributed by atoms with van der Waals surface area (Å²) in [6, 6.07) is 10.4. The van der Waals surface area contributed by atoms with Crippen LogP contribution in [0, 0.1) is 12.8 Å². The van der Waals surface area contributed by atoms with E-state index in [0.29, 0.717) is 13.2 Å². The summed E-state index contributed by atoms with van der Waals surface area (Å²) >= 11 is 0. The SMILES string of the molecule is Cc1cc(CC2CN(Cc3ccccc3OCCN3CCN(C)CC3)CC2O)n[nH]1. The molecule has 164 valence electrons. The molecule has 2 saturated heterocycles. The van der Waals surface area contributed by atoms with Crippen molar-refractivity contribution in [2.45, 2.75) is 26.0 Å². The molecule has 2 fully saturated rings. The van der Waals surface area contributed by atoms with Gasteiger partial charge in [0.2, 0.25) is 0 Å². The van der Waals surface area contributed by atoms with Crippen molar-refractivity contribution in [1.82, 2.24) is 24.9 Å². The van der Waals surface area contributed by atoms with Crippen molar-refractivity contribution in [3.63, 3.8) is 0 Å². The van der Waals surface area contributed by atoms with Crippen LogP contribution in [0.25, 0.3) is 0 Å². The molecule has 3 heterocycles. The highest BCUT2D eigenvalue weighted by Gasteiger charge is 2.32. The van der Waals surface area contributed by atoms with Crippen molar-refractivity contribution in [3.8, 4) is 5.75 Å². The molecule has 0 aliphatic carbocycles. The quantitative estimate of drug-likeness (QED) is 0.682. The van der Waals surface area contributed by atoms with Gasteiger partial charge in [-0.2, -0.15) is 5.10 Å². The van der Waals surface area contributed by atoms with E-state index in [1.165, 1.54) is 5.56 Å². The monoisotopic (exact) mass is 413 g/mol.